The molecule has 1 aromatic heterocycles. The second-order valence-electron chi connectivity index (χ2n) is 6.85. The molecule has 2 aromatic rings. The van der Waals surface area contributed by atoms with Gasteiger partial charge in [0, 0.05) is 19.1 Å². The minimum Gasteiger partial charge on any atom is -0.375 e. The molecule has 0 saturated carbocycles. The monoisotopic (exact) mass is 343 g/mol. The van der Waals surface area contributed by atoms with Crippen molar-refractivity contribution >= 4 is 0 Å². The molecule has 0 aliphatic carbocycles. The van der Waals surface area contributed by atoms with Gasteiger partial charge in [-0.25, -0.2) is 0 Å². The van der Waals surface area contributed by atoms with E-state index in [0.29, 0.717) is 24.4 Å². The maximum absolute atomic E-state index is 6.24. The fraction of sp³-hybridized carbons (Fsp3) is 0.579. The Morgan fingerprint density at radius 1 is 1.20 bits per heavy atom. The maximum atomic E-state index is 6.24. The largest absolute Gasteiger partial charge is 0.375 e. The molecule has 0 radical (unpaired) electrons. The number of nitrogens with zero attached hydrogens (tertiary/aromatic N) is 3. The Morgan fingerprint density at radius 3 is 2.88 bits per heavy atom. The standard InChI is InChI=1S/C19H25N3O3/c1-14-20-19(25-21-14)18-8-7-16-17(24-18)9-10-22(16)11-12-23-13-15-5-3-2-4-6-15/h2-6,16-18H,7-13H2,1H3/t16-,17-,18-/m1/s1. The third-order valence-corrected chi connectivity index (χ3v) is 5.12. The van der Waals surface area contributed by atoms with Crippen LogP contribution in [-0.4, -0.2) is 46.9 Å². The Hall–Kier alpha value is -1.76. The Labute approximate surface area is 148 Å². The van der Waals surface area contributed by atoms with Gasteiger partial charge in [-0.15, -0.1) is 0 Å². The zero-order valence-corrected chi connectivity index (χ0v) is 14.6. The van der Waals surface area contributed by atoms with Crippen LogP contribution in [-0.2, 0) is 16.1 Å². The summed E-state index contributed by atoms with van der Waals surface area (Å²) in [5, 5.41) is 3.87. The molecule has 6 nitrogen and oxygen atoms in total. The number of aryl methyl sites for hydroxylation is 1. The van der Waals surface area contributed by atoms with Gasteiger partial charge >= 0.3 is 0 Å². The van der Waals surface area contributed by atoms with E-state index < -0.39 is 0 Å². The molecule has 2 saturated heterocycles. The average Bonchev–Trinajstić information content (AvgIpc) is 3.25. The van der Waals surface area contributed by atoms with Crippen molar-refractivity contribution in [2.45, 2.75) is 51.0 Å². The van der Waals surface area contributed by atoms with Crippen molar-refractivity contribution in [3.63, 3.8) is 0 Å². The Morgan fingerprint density at radius 2 is 2.08 bits per heavy atom. The smallest absolute Gasteiger partial charge is 0.255 e. The number of likely N-dealkylation sites (tertiary alicyclic amines) is 1. The van der Waals surface area contributed by atoms with E-state index >= 15 is 0 Å². The fourth-order valence-electron chi connectivity index (χ4n) is 3.86. The van der Waals surface area contributed by atoms with Gasteiger partial charge in [-0.3, -0.25) is 4.90 Å². The molecule has 0 bridgehead atoms. The molecular formula is C19H25N3O3. The lowest BCUT2D eigenvalue weighted by atomic mass is 9.99. The second kappa shape index (κ2) is 7.64. The van der Waals surface area contributed by atoms with Crippen molar-refractivity contribution < 1.29 is 14.0 Å². The molecule has 25 heavy (non-hydrogen) atoms. The minimum atomic E-state index is -0.0447. The van der Waals surface area contributed by atoms with Gasteiger partial charge in [0.15, 0.2) is 5.82 Å². The van der Waals surface area contributed by atoms with Crippen LogP contribution in [0.5, 0.6) is 0 Å². The van der Waals surface area contributed by atoms with Gasteiger partial charge < -0.3 is 14.0 Å². The first-order chi connectivity index (χ1) is 12.3. The van der Waals surface area contributed by atoms with Gasteiger partial charge in [0.2, 0.25) is 0 Å². The number of benzene rings is 1. The molecular weight excluding hydrogens is 318 g/mol. The molecule has 0 N–H and O–H groups in total. The number of fused-ring (bicyclic) bond motifs is 1. The number of aromatic nitrogens is 2. The summed E-state index contributed by atoms with van der Waals surface area (Å²) in [5.41, 5.74) is 1.22. The highest BCUT2D eigenvalue weighted by atomic mass is 16.5. The molecule has 2 aliphatic heterocycles. The number of ether oxygens (including phenoxy) is 2. The molecule has 4 rings (SSSR count). The minimum absolute atomic E-state index is 0.0447. The topological polar surface area (TPSA) is 60.6 Å². The van der Waals surface area contributed by atoms with Gasteiger partial charge in [-0.05, 0) is 31.7 Å². The van der Waals surface area contributed by atoms with E-state index in [4.69, 9.17) is 14.0 Å². The zero-order valence-electron chi connectivity index (χ0n) is 14.6. The van der Waals surface area contributed by atoms with E-state index in [2.05, 4.69) is 27.2 Å². The van der Waals surface area contributed by atoms with Crippen LogP contribution < -0.4 is 0 Å². The van der Waals surface area contributed by atoms with E-state index in [0.717, 1.165) is 39.0 Å². The van der Waals surface area contributed by atoms with Gasteiger partial charge in [-0.2, -0.15) is 4.98 Å². The molecule has 0 unspecified atom stereocenters. The van der Waals surface area contributed by atoms with Crippen LogP contribution in [0.15, 0.2) is 34.9 Å². The van der Waals surface area contributed by atoms with E-state index in [9.17, 15) is 0 Å². The van der Waals surface area contributed by atoms with Gasteiger partial charge in [-0.1, -0.05) is 35.5 Å². The van der Waals surface area contributed by atoms with Crippen LogP contribution >= 0.6 is 0 Å². The van der Waals surface area contributed by atoms with Crippen LogP contribution in [0.2, 0.25) is 0 Å². The lowest BCUT2D eigenvalue weighted by Gasteiger charge is -2.34. The summed E-state index contributed by atoms with van der Waals surface area (Å²) in [6.45, 7) is 5.30. The highest BCUT2D eigenvalue weighted by Crippen LogP contribution is 2.37. The highest BCUT2D eigenvalue weighted by Gasteiger charge is 2.41. The van der Waals surface area contributed by atoms with Crippen molar-refractivity contribution in [1.82, 2.24) is 15.0 Å². The van der Waals surface area contributed by atoms with E-state index in [-0.39, 0.29) is 12.2 Å². The van der Waals surface area contributed by atoms with E-state index in [1.54, 1.807) is 0 Å². The molecule has 2 aliphatic rings. The third kappa shape index (κ3) is 3.92. The summed E-state index contributed by atoms with van der Waals surface area (Å²) in [4.78, 5) is 6.83. The van der Waals surface area contributed by atoms with Crippen LogP contribution in [0.1, 0.15) is 42.6 Å². The fourth-order valence-corrected chi connectivity index (χ4v) is 3.86. The summed E-state index contributed by atoms with van der Waals surface area (Å²) in [7, 11) is 0. The van der Waals surface area contributed by atoms with Crippen molar-refractivity contribution in [3.05, 3.63) is 47.6 Å². The Balaban J connectivity index is 1.23. The average molecular weight is 343 g/mol. The molecule has 3 atom stereocenters. The lowest BCUT2D eigenvalue weighted by molar-refractivity contribution is -0.0840. The molecule has 3 heterocycles. The molecule has 134 valence electrons. The maximum Gasteiger partial charge on any atom is 0.255 e. The molecule has 1 aromatic carbocycles. The normalized spacial score (nSPS) is 26.7. The first-order valence-electron chi connectivity index (χ1n) is 9.11. The Bertz CT molecular complexity index is 676. The van der Waals surface area contributed by atoms with Crippen molar-refractivity contribution in [3.8, 4) is 0 Å². The number of rotatable bonds is 6. The van der Waals surface area contributed by atoms with Crippen molar-refractivity contribution in [2.24, 2.45) is 0 Å². The lowest BCUT2D eigenvalue weighted by Crippen LogP contribution is -2.41. The summed E-state index contributed by atoms with van der Waals surface area (Å²) in [6.07, 6.45) is 3.32. The predicted octanol–water partition coefficient (Wildman–Crippen LogP) is 2.89. The van der Waals surface area contributed by atoms with Crippen molar-refractivity contribution in [1.29, 1.82) is 0 Å². The summed E-state index contributed by atoms with van der Waals surface area (Å²) in [6, 6.07) is 10.8. The first-order valence-corrected chi connectivity index (χ1v) is 9.11. The molecule has 0 amide bonds. The quantitative estimate of drug-likeness (QED) is 0.752. The van der Waals surface area contributed by atoms with Crippen molar-refractivity contribution in [2.75, 3.05) is 19.7 Å². The first kappa shape index (κ1) is 16.7. The third-order valence-electron chi connectivity index (χ3n) is 5.12. The summed E-state index contributed by atoms with van der Waals surface area (Å²) in [5.74, 6) is 1.30. The van der Waals surface area contributed by atoms with Crippen LogP contribution in [0.4, 0.5) is 0 Å². The van der Waals surface area contributed by atoms with Crippen LogP contribution in [0.3, 0.4) is 0 Å². The summed E-state index contributed by atoms with van der Waals surface area (Å²) >= 11 is 0. The van der Waals surface area contributed by atoms with Crippen LogP contribution in [0, 0.1) is 6.92 Å². The van der Waals surface area contributed by atoms with Gasteiger partial charge in [0.05, 0.1) is 19.3 Å². The zero-order chi connectivity index (χ0) is 17.1. The number of hydrogen-bond donors (Lipinski definition) is 0. The molecule has 2 fully saturated rings. The van der Waals surface area contributed by atoms with Crippen LogP contribution in [0.25, 0.3) is 0 Å². The molecule has 6 heteroatoms. The SMILES string of the molecule is Cc1noc([C@H]2CC[C@@H]3[C@@H](CCN3CCOCc3ccccc3)O2)n1. The van der Waals surface area contributed by atoms with Gasteiger partial charge in [0.1, 0.15) is 6.10 Å². The van der Waals surface area contributed by atoms with E-state index in [1.807, 2.05) is 25.1 Å². The second-order valence-corrected chi connectivity index (χ2v) is 6.85. The van der Waals surface area contributed by atoms with E-state index in [1.165, 1.54) is 5.56 Å². The Kier molecular flexibility index (Phi) is 5.10. The highest BCUT2D eigenvalue weighted by molar-refractivity contribution is 5.13. The predicted molar refractivity (Wildman–Crippen MR) is 92.0 cm³/mol. The molecule has 0 spiro atoms. The van der Waals surface area contributed by atoms with Gasteiger partial charge in [0.25, 0.3) is 5.89 Å². The number of hydrogen-bond acceptors (Lipinski definition) is 6. The summed E-state index contributed by atoms with van der Waals surface area (Å²) < 4.78 is 17.4.